The maximum absolute atomic E-state index is 14.7. The largest absolute Gasteiger partial charge is 0.465 e. The number of imidazole rings is 1. The van der Waals surface area contributed by atoms with Crippen LogP contribution in [0.3, 0.4) is 0 Å². The van der Waals surface area contributed by atoms with Crippen LogP contribution in [-0.4, -0.2) is 60.1 Å². The first-order valence-electron chi connectivity index (χ1n) is 10.2. The van der Waals surface area contributed by atoms with E-state index in [0.717, 1.165) is 0 Å². The number of halogens is 2. The van der Waals surface area contributed by atoms with Crippen LogP contribution in [0.15, 0.2) is 47.8 Å². The van der Waals surface area contributed by atoms with Gasteiger partial charge in [-0.3, -0.25) is 14.4 Å². The summed E-state index contributed by atoms with van der Waals surface area (Å²) >= 11 is -0.153. The third-order valence-electron chi connectivity index (χ3n) is 4.65. The van der Waals surface area contributed by atoms with E-state index in [1.807, 2.05) is 5.32 Å². The summed E-state index contributed by atoms with van der Waals surface area (Å²) in [5.74, 6) is -3.28. The zero-order valence-corrected chi connectivity index (χ0v) is 19.2. The lowest BCUT2D eigenvalue weighted by molar-refractivity contribution is -0.143. The van der Waals surface area contributed by atoms with Gasteiger partial charge in [-0.15, -0.1) is 0 Å². The fourth-order valence-corrected chi connectivity index (χ4v) is 3.90. The number of aromatic nitrogens is 2. The number of amides is 2. The number of ether oxygens (including phenoxy) is 1. The molecule has 2 aromatic carbocycles. The molecular weight excluding hydrogens is 479 g/mol. The van der Waals surface area contributed by atoms with Gasteiger partial charge in [-0.25, -0.2) is 4.98 Å². The lowest BCUT2D eigenvalue weighted by atomic mass is 10.0. The first-order valence-corrected chi connectivity index (χ1v) is 11.0. The quantitative estimate of drug-likeness (QED) is 0.258. The summed E-state index contributed by atoms with van der Waals surface area (Å²) in [6.07, 6.45) is 1.17. The molecule has 3 rings (SSSR count). The Bertz CT molecular complexity index is 1320. The van der Waals surface area contributed by atoms with Crippen LogP contribution in [0.1, 0.15) is 12.5 Å². The van der Waals surface area contributed by atoms with Gasteiger partial charge in [0.25, 0.3) is 0 Å². The molecule has 0 bridgehead atoms. The van der Waals surface area contributed by atoms with Crippen molar-refractivity contribution in [1.29, 1.82) is 5.26 Å². The third-order valence-corrected chi connectivity index (χ3v) is 5.56. The summed E-state index contributed by atoms with van der Waals surface area (Å²) in [7, 11) is 5.99. The standard InChI is InChI=1S/C22H18BF2N5O4S/c1-2-34-19(32)12-27-18(31)11-28-20(33)22(24,25)35-21-29-10-17(23)30(21)16-8-7-13(9-26)14-5-3-4-6-15(14)16/h3-8,10H,2,11-12H2,1H3,(H,27,31)(H,28,33). The van der Waals surface area contributed by atoms with Gasteiger partial charge in [0.2, 0.25) is 5.91 Å². The fraction of sp³-hybridized carbons (Fsp3) is 0.227. The topological polar surface area (TPSA) is 126 Å². The zero-order chi connectivity index (χ0) is 25.6. The Morgan fingerprint density at radius 2 is 1.89 bits per heavy atom. The average Bonchev–Trinajstić information content (AvgIpc) is 3.19. The van der Waals surface area contributed by atoms with E-state index in [0.29, 0.717) is 22.0 Å². The highest BCUT2D eigenvalue weighted by molar-refractivity contribution is 8.00. The van der Waals surface area contributed by atoms with Crippen molar-refractivity contribution in [2.45, 2.75) is 17.3 Å². The van der Waals surface area contributed by atoms with E-state index in [2.05, 4.69) is 21.1 Å². The van der Waals surface area contributed by atoms with E-state index >= 15 is 0 Å². The second-order valence-corrected chi connectivity index (χ2v) is 8.06. The molecule has 2 amide bonds. The van der Waals surface area contributed by atoms with Gasteiger partial charge in [-0.2, -0.15) is 14.0 Å². The number of nitriles is 1. The Morgan fingerprint density at radius 3 is 2.57 bits per heavy atom. The van der Waals surface area contributed by atoms with Crippen LogP contribution < -0.4 is 16.2 Å². The van der Waals surface area contributed by atoms with Crippen molar-refractivity contribution in [2.24, 2.45) is 0 Å². The van der Waals surface area contributed by atoms with Crippen LogP contribution in [0.5, 0.6) is 0 Å². The molecule has 2 radical (unpaired) electrons. The van der Waals surface area contributed by atoms with Gasteiger partial charge in [0, 0.05) is 17.0 Å². The van der Waals surface area contributed by atoms with Gasteiger partial charge in [0.15, 0.2) is 5.16 Å². The van der Waals surface area contributed by atoms with E-state index < -0.39 is 36.1 Å². The number of nitrogens with one attached hydrogen (secondary N) is 2. The third kappa shape index (κ3) is 5.96. The normalized spacial score (nSPS) is 11.0. The number of benzene rings is 2. The maximum Gasteiger partial charge on any atom is 0.377 e. The molecule has 0 aliphatic carbocycles. The number of nitrogens with zero attached hydrogens (tertiary/aromatic N) is 3. The maximum atomic E-state index is 14.7. The van der Waals surface area contributed by atoms with Gasteiger partial charge in [-0.05, 0) is 36.4 Å². The Morgan fingerprint density at radius 1 is 1.17 bits per heavy atom. The number of alkyl halides is 2. The Labute approximate surface area is 204 Å². The highest BCUT2D eigenvalue weighted by Gasteiger charge is 2.42. The molecule has 0 saturated carbocycles. The van der Waals surface area contributed by atoms with E-state index in [4.69, 9.17) is 7.85 Å². The second-order valence-electron chi connectivity index (χ2n) is 6.97. The number of hydrogen-bond donors (Lipinski definition) is 2. The molecule has 9 nitrogen and oxygen atoms in total. The monoisotopic (exact) mass is 497 g/mol. The first kappa shape index (κ1) is 25.7. The summed E-state index contributed by atoms with van der Waals surface area (Å²) in [6.45, 7) is 0.476. The summed E-state index contributed by atoms with van der Waals surface area (Å²) < 4.78 is 35.3. The lowest BCUT2D eigenvalue weighted by Crippen LogP contribution is -2.44. The molecule has 35 heavy (non-hydrogen) atoms. The molecule has 0 spiro atoms. The molecule has 13 heteroatoms. The summed E-state index contributed by atoms with van der Waals surface area (Å²) in [5, 5.41) is 10.2. The minimum absolute atomic E-state index is 0.0388. The van der Waals surface area contributed by atoms with Crippen molar-refractivity contribution in [3.8, 4) is 11.8 Å². The van der Waals surface area contributed by atoms with Crippen molar-refractivity contribution >= 4 is 53.8 Å². The number of esters is 1. The number of fused-ring (bicyclic) bond motifs is 1. The number of carbonyl (C=O) groups excluding carboxylic acids is 3. The number of rotatable bonds is 9. The van der Waals surface area contributed by atoms with Crippen molar-refractivity contribution in [3.63, 3.8) is 0 Å². The highest BCUT2D eigenvalue weighted by Crippen LogP contribution is 2.37. The zero-order valence-electron chi connectivity index (χ0n) is 18.4. The molecule has 3 aromatic rings. The van der Waals surface area contributed by atoms with E-state index in [1.54, 1.807) is 37.3 Å². The van der Waals surface area contributed by atoms with Crippen LogP contribution >= 0.6 is 11.8 Å². The van der Waals surface area contributed by atoms with Crippen molar-refractivity contribution in [1.82, 2.24) is 20.2 Å². The summed E-state index contributed by atoms with van der Waals surface area (Å²) in [6, 6.07) is 12.0. The Hall–Kier alpha value is -3.92. The number of hydrogen-bond acceptors (Lipinski definition) is 7. The van der Waals surface area contributed by atoms with Crippen molar-refractivity contribution < 1.29 is 27.9 Å². The van der Waals surface area contributed by atoms with Crippen LogP contribution in [0.2, 0.25) is 0 Å². The predicted octanol–water partition coefficient (Wildman–Crippen LogP) is 1.17. The number of thioether (sulfide) groups is 1. The molecule has 2 N–H and O–H groups in total. The Kier molecular flexibility index (Phi) is 8.08. The second kappa shape index (κ2) is 11.0. The van der Waals surface area contributed by atoms with Gasteiger partial charge in [0.1, 0.15) is 14.4 Å². The molecule has 1 heterocycles. The smallest absolute Gasteiger partial charge is 0.377 e. The first-order chi connectivity index (χ1) is 16.7. The Balaban J connectivity index is 1.77. The minimum Gasteiger partial charge on any atom is -0.465 e. The van der Waals surface area contributed by atoms with Crippen LogP contribution in [0.4, 0.5) is 8.78 Å². The van der Waals surface area contributed by atoms with Gasteiger partial charge in [0.05, 0.1) is 30.5 Å². The molecule has 0 saturated heterocycles. The summed E-state index contributed by atoms with van der Waals surface area (Å²) in [4.78, 5) is 39.0. The van der Waals surface area contributed by atoms with Gasteiger partial charge < -0.3 is 19.9 Å². The molecule has 1 aromatic heterocycles. The molecular formula is C22H18BF2N5O4S. The molecule has 178 valence electrons. The highest BCUT2D eigenvalue weighted by atomic mass is 32.2. The molecule has 0 fully saturated rings. The van der Waals surface area contributed by atoms with E-state index in [9.17, 15) is 28.4 Å². The van der Waals surface area contributed by atoms with Crippen LogP contribution in [-0.2, 0) is 19.1 Å². The molecule has 0 atom stereocenters. The molecule has 0 unspecified atom stereocenters. The van der Waals surface area contributed by atoms with E-state index in [1.165, 1.54) is 16.8 Å². The minimum atomic E-state index is -4.01. The predicted molar refractivity (Wildman–Crippen MR) is 125 cm³/mol. The van der Waals surface area contributed by atoms with Gasteiger partial charge >= 0.3 is 17.1 Å². The molecule has 0 aliphatic rings. The molecule has 0 aliphatic heterocycles. The average molecular weight is 497 g/mol. The van der Waals surface area contributed by atoms with Crippen molar-refractivity contribution in [3.05, 3.63) is 48.2 Å². The van der Waals surface area contributed by atoms with E-state index in [-0.39, 0.29) is 29.1 Å². The van der Waals surface area contributed by atoms with Crippen molar-refractivity contribution in [2.75, 3.05) is 19.7 Å². The SMILES string of the molecule is [B]c1cnc(SC(F)(F)C(=O)NCC(=O)NCC(=O)OCC)n1-c1ccc(C#N)c2ccccc12. The number of carbonyl (C=O) groups is 3. The van der Waals surface area contributed by atoms with Crippen LogP contribution in [0, 0.1) is 11.3 Å². The van der Waals surface area contributed by atoms with Gasteiger partial charge in [-0.1, -0.05) is 24.3 Å². The van der Waals surface area contributed by atoms with Crippen LogP contribution in [0.25, 0.3) is 16.5 Å². The summed E-state index contributed by atoms with van der Waals surface area (Å²) in [5.41, 5.74) is 0.826. The fourth-order valence-electron chi connectivity index (χ4n) is 3.11. The lowest BCUT2D eigenvalue weighted by Gasteiger charge is -2.18.